The lowest BCUT2D eigenvalue weighted by atomic mass is 10.1. The number of aryl methyl sites for hydroxylation is 2. The zero-order chi connectivity index (χ0) is 24.0. The number of rotatable bonds is 9. The van der Waals surface area contributed by atoms with Crippen LogP contribution in [0.5, 0.6) is 11.5 Å². The summed E-state index contributed by atoms with van der Waals surface area (Å²) in [5.41, 5.74) is 2.30. The third-order valence-corrected chi connectivity index (χ3v) is 5.92. The molecule has 1 heterocycles. The molecule has 1 aromatic heterocycles. The third-order valence-electron chi connectivity index (χ3n) is 4.58. The van der Waals surface area contributed by atoms with Gasteiger partial charge in [-0.3, -0.25) is 9.79 Å². The van der Waals surface area contributed by atoms with Crippen LogP contribution in [0, 0.1) is 13.8 Å². The summed E-state index contributed by atoms with van der Waals surface area (Å²) in [5, 5.41) is 0. The predicted octanol–water partition coefficient (Wildman–Crippen LogP) is 3.89. The number of hydrogen-bond acceptors (Lipinski definition) is 8. The first-order valence-electron chi connectivity index (χ1n) is 9.95. The summed E-state index contributed by atoms with van der Waals surface area (Å²) in [4.78, 5) is 24.9. The Balaban J connectivity index is 1.65. The summed E-state index contributed by atoms with van der Waals surface area (Å²) in [6, 6.07) is 12.6. The van der Waals surface area contributed by atoms with E-state index in [1.807, 2.05) is 0 Å². The van der Waals surface area contributed by atoms with Gasteiger partial charge in [0.15, 0.2) is 17.3 Å². The monoisotopic (exact) mass is 468 g/mol. The normalized spacial score (nSPS) is 11.4. The van der Waals surface area contributed by atoms with Crippen molar-refractivity contribution in [2.24, 2.45) is 4.99 Å². The van der Waals surface area contributed by atoms with Gasteiger partial charge in [0.1, 0.15) is 0 Å². The number of anilines is 1. The number of benzene rings is 2. The lowest BCUT2D eigenvalue weighted by molar-refractivity contribution is 0.100. The van der Waals surface area contributed by atoms with Crippen LogP contribution in [0.4, 0.5) is 11.6 Å². The first-order valence-corrected chi connectivity index (χ1v) is 11.4. The van der Waals surface area contributed by atoms with Crippen molar-refractivity contribution in [3.8, 4) is 11.5 Å². The smallest absolute Gasteiger partial charge is 0.264 e. The molecule has 3 aromatic rings. The second-order valence-corrected chi connectivity index (χ2v) is 8.76. The molecule has 0 aliphatic carbocycles. The van der Waals surface area contributed by atoms with Gasteiger partial charge in [-0.1, -0.05) is 0 Å². The molecule has 0 bridgehead atoms. The largest absolute Gasteiger partial charge is 0.493 e. The van der Waals surface area contributed by atoms with E-state index in [0.717, 1.165) is 0 Å². The summed E-state index contributed by atoms with van der Waals surface area (Å²) in [5.74, 6) is 0.882. The molecule has 0 saturated carbocycles. The van der Waals surface area contributed by atoms with E-state index < -0.39 is 10.0 Å². The zero-order valence-corrected chi connectivity index (χ0v) is 19.5. The van der Waals surface area contributed by atoms with Gasteiger partial charge in [-0.05, 0) is 62.4 Å². The van der Waals surface area contributed by atoms with Crippen molar-refractivity contribution in [2.45, 2.75) is 25.2 Å². The number of methoxy groups -OCH3 is 2. The molecule has 0 amide bonds. The van der Waals surface area contributed by atoms with Crippen LogP contribution < -0.4 is 14.2 Å². The molecule has 33 heavy (non-hydrogen) atoms. The van der Waals surface area contributed by atoms with Crippen molar-refractivity contribution in [1.29, 1.82) is 0 Å². The van der Waals surface area contributed by atoms with Crippen LogP contribution in [-0.4, -0.2) is 44.6 Å². The first-order chi connectivity index (χ1) is 15.7. The van der Waals surface area contributed by atoms with Crippen LogP contribution in [0.2, 0.25) is 0 Å². The van der Waals surface area contributed by atoms with Gasteiger partial charge in [0.2, 0.25) is 5.95 Å². The molecular formula is C23H24N4O5S. The van der Waals surface area contributed by atoms with E-state index in [1.165, 1.54) is 32.6 Å². The highest BCUT2D eigenvalue weighted by atomic mass is 32.2. The fourth-order valence-corrected chi connectivity index (χ4v) is 3.97. The molecular weight excluding hydrogens is 444 g/mol. The van der Waals surface area contributed by atoms with Crippen molar-refractivity contribution in [1.82, 2.24) is 9.97 Å². The van der Waals surface area contributed by atoms with E-state index in [9.17, 15) is 13.2 Å². The number of sulfonamides is 1. The van der Waals surface area contributed by atoms with E-state index in [-0.39, 0.29) is 23.0 Å². The van der Waals surface area contributed by atoms with Crippen molar-refractivity contribution in [2.75, 3.05) is 18.9 Å². The Morgan fingerprint density at radius 1 is 0.970 bits per heavy atom. The lowest BCUT2D eigenvalue weighted by Crippen LogP contribution is -2.15. The SMILES string of the molecule is COc1ccc(C(=O)CC=Nc2ccc(S(=O)(=O)Nc3nc(C)cc(C)n3)cc2)cc1OC. The van der Waals surface area contributed by atoms with E-state index >= 15 is 0 Å². The van der Waals surface area contributed by atoms with Gasteiger partial charge in [0.25, 0.3) is 10.0 Å². The second-order valence-electron chi connectivity index (χ2n) is 7.08. The van der Waals surface area contributed by atoms with Crippen LogP contribution in [0.25, 0.3) is 0 Å². The number of ketones is 1. The molecule has 10 heteroatoms. The third kappa shape index (κ3) is 6.13. The van der Waals surface area contributed by atoms with Crippen molar-refractivity contribution >= 4 is 33.7 Å². The minimum atomic E-state index is -3.85. The Bertz CT molecular complexity index is 1270. The maximum Gasteiger partial charge on any atom is 0.264 e. The quantitative estimate of drug-likeness (QED) is 0.374. The number of hydrogen-bond donors (Lipinski definition) is 1. The van der Waals surface area contributed by atoms with Gasteiger partial charge in [0.05, 0.1) is 24.8 Å². The Morgan fingerprint density at radius 3 is 2.21 bits per heavy atom. The Morgan fingerprint density at radius 2 is 1.61 bits per heavy atom. The van der Waals surface area contributed by atoms with Crippen molar-refractivity contribution < 1.29 is 22.7 Å². The Hall–Kier alpha value is -3.79. The minimum absolute atomic E-state index is 0.0169. The van der Waals surface area contributed by atoms with Gasteiger partial charge in [-0.2, -0.15) is 0 Å². The molecule has 2 aromatic carbocycles. The number of aromatic nitrogens is 2. The molecule has 0 fully saturated rings. The molecule has 0 radical (unpaired) electrons. The number of carbonyl (C=O) groups excluding carboxylic acids is 1. The van der Waals surface area contributed by atoms with E-state index in [4.69, 9.17) is 9.47 Å². The summed E-state index contributed by atoms with van der Waals surface area (Å²) in [7, 11) is -0.824. The number of nitrogens with zero attached hydrogens (tertiary/aromatic N) is 3. The van der Waals surface area contributed by atoms with Gasteiger partial charge in [0, 0.05) is 29.6 Å². The van der Waals surface area contributed by atoms with Gasteiger partial charge >= 0.3 is 0 Å². The average Bonchev–Trinajstić information content (AvgIpc) is 2.77. The average molecular weight is 469 g/mol. The van der Waals surface area contributed by atoms with E-state index in [1.54, 1.807) is 50.2 Å². The molecule has 0 saturated heterocycles. The molecule has 0 unspecified atom stereocenters. The van der Waals surface area contributed by atoms with Crippen molar-refractivity contribution in [3.63, 3.8) is 0 Å². The molecule has 0 aliphatic heterocycles. The van der Waals surface area contributed by atoms with Crippen LogP contribution >= 0.6 is 0 Å². The molecule has 1 N–H and O–H groups in total. The Kier molecular flexibility index (Phi) is 7.39. The second kappa shape index (κ2) is 10.2. The highest BCUT2D eigenvalue weighted by Gasteiger charge is 2.16. The van der Waals surface area contributed by atoms with Crippen LogP contribution in [0.15, 0.2) is 58.4 Å². The molecule has 3 rings (SSSR count). The van der Waals surface area contributed by atoms with Crippen LogP contribution in [-0.2, 0) is 10.0 Å². The number of ether oxygens (including phenoxy) is 2. The highest BCUT2D eigenvalue weighted by Crippen LogP contribution is 2.28. The molecule has 9 nitrogen and oxygen atoms in total. The molecule has 172 valence electrons. The maximum absolute atomic E-state index is 12.6. The number of aliphatic imine (C=N–C) groups is 1. The summed E-state index contributed by atoms with van der Waals surface area (Å²) in [6.07, 6.45) is 1.55. The minimum Gasteiger partial charge on any atom is -0.493 e. The summed E-state index contributed by atoms with van der Waals surface area (Å²) < 4.78 is 38.0. The number of Topliss-reactive ketones (excluding diaryl/α,β-unsaturated/α-hetero) is 1. The van der Waals surface area contributed by atoms with Gasteiger partial charge in [-0.25, -0.2) is 23.1 Å². The lowest BCUT2D eigenvalue weighted by Gasteiger charge is -2.08. The Labute approximate surface area is 192 Å². The summed E-state index contributed by atoms with van der Waals surface area (Å²) in [6.45, 7) is 3.52. The molecule has 0 spiro atoms. The first kappa shape index (κ1) is 23.9. The van der Waals surface area contributed by atoms with Gasteiger partial charge < -0.3 is 9.47 Å². The standard InChI is InChI=1S/C23H24N4O5S/c1-15-13-16(2)26-23(25-15)27-33(29,30)19-8-6-18(7-9-19)24-12-11-20(28)17-5-10-21(31-3)22(14-17)32-4/h5-10,12-14H,11H2,1-4H3,(H,25,26,27). The summed E-state index contributed by atoms with van der Waals surface area (Å²) >= 11 is 0. The fraction of sp³-hybridized carbons (Fsp3) is 0.217. The topological polar surface area (TPSA) is 120 Å². The molecule has 0 atom stereocenters. The number of nitrogens with one attached hydrogen (secondary N) is 1. The van der Waals surface area contributed by atoms with Crippen LogP contribution in [0.3, 0.4) is 0 Å². The zero-order valence-electron chi connectivity index (χ0n) is 18.7. The predicted molar refractivity (Wildman–Crippen MR) is 125 cm³/mol. The highest BCUT2D eigenvalue weighted by molar-refractivity contribution is 7.92. The number of carbonyl (C=O) groups is 1. The van der Waals surface area contributed by atoms with Crippen LogP contribution in [0.1, 0.15) is 28.2 Å². The van der Waals surface area contributed by atoms with Gasteiger partial charge in [-0.15, -0.1) is 0 Å². The van der Waals surface area contributed by atoms with E-state index in [2.05, 4.69) is 19.7 Å². The fourth-order valence-electron chi connectivity index (χ4n) is 3.02. The maximum atomic E-state index is 12.6. The van der Waals surface area contributed by atoms with Crippen molar-refractivity contribution in [3.05, 3.63) is 65.5 Å². The molecule has 0 aliphatic rings. The van der Waals surface area contributed by atoms with E-state index in [0.29, 0.717) is 34.1 Å².